The molecule has 0 saturated carbocycles. The van der Waals surface area contributed by atoms with Crippen molar-refractivity contribution >= 4 is 23.9 Å². The van der Waals surface area contributed by atoms with Crippen LogP contribution in [0.15, 0.2) is 54.7 Å². The molecular formula is C30H37N3O5. The highest BCUT2D eigenvalue weighted by Crippen LogP contribution is 2.38. The van der Waals surface area contributed by atoms with E-state index < -0.39 is 0 Å². The summed E-state index contributed by atoms with van der Waals surface area (Å²) in [6.45, 7) is 13.4. The maximum absolute atomic E-state index is 13.3. The molecule has 1 unspecified atom stereocenters. The first kappa shape index (κ1) is 28.5. The lowest BCUT2D eigenvalue weighted by atomic mass is 9.99. The third-order valence-corrected chi connectivity index (χ3v) is 5.98. The molecule has 0 radical (unpaired) electrons. The summed E-state index contributed by atoms with van der Waals surface area (Å²) in [4.78, 5) is 27.9. The van der Waals surface area contributed by atoms with Crippen LogP contribution in [0.5, 0.6) is 11.6 Å². The third kappa shape index (κ3) is 7.47. The van der Waals surface area contributed by atoms with Gasteiger partial charge >= 0.3 is 6.03 Å². The van der Waals surface area contributed by atoms with E-state index in [1.54, 1.807) is 4.90 Å². The number of amides is 2. The van der Waals surface area contributed by atoms with Crippen molar-refractivity contribution in [2.45, 2.75) is 54.1 Å². The Hall–Kier alpha value is -4.07. The lowest BCUT2D eigenvalue weighted by Crippen LogP contribution is -2.45. The normalized spacial score (nSPS) is 14.4. The Morgan fingerprint density at radius 3 is 2.47 bits per heavy atom. The minimum absolute atomic E-state index is 0.0717. The van der Waals surface area contributed by atoms with Crippen molar-refractivity contribution in [1.82, 2.24) is 4.98 Å². The number of hydrogen-bond acceptors (Lipinski definition) is 5. The Kier molecular flexibility index (Phi) is 9.34. The zero-order chi connectivity index (χ0) is 27.9. The van der Waals surface area contributed by atoms with Gasteiger partial charge < -0.3 is 19.9 Å². The molecule has 2 N–H and O–H groups in total. The zero-order valence-corrected chi connectivity index (χ0v) is 22.9. The zero-order valence-electron chi connectivity index (χ0n) is 22.9. The second kappa shape index (κ2) is 12.4. The average molecular weight is 520 g/mol. The molecule has 0 spiro atoms. The second-order valence-corrected chi connectivity index (χ2v) is 10.5. The lowest BCUT2D eigenvalue weighted by Gasteiger charge is -2.35. The van der Waals surface area contributed by atoms with Crippen molar-refractivity contribution in [2.75, 3.05) is 23.4 Å². The summed E-state index contributed by atoms with van der Waals surface area (Å²) in [6, 6.07) is 15.7. The molecule has 8 heteroatoms. The van der Waals surface area contributed by atoms with Gasteiger partial charge in [0.05, 0.1) is 18.8 Å². The molecule has 4 rings (SSSR count). The molecule has 38 heavy (non-hydrogen) atoms. The Labute approximate surface area is 224 Å². The first-order valence-electron chi connectivity index (χ1n) is 12.7. The number of ether oxygens (including phenoxy) is 2. The molecule has 1 aliphatic heterocycles. The van der Waals surface area contributed by atoms with Crippen LogP contribution >= 0.6 is 0 Å². The molecular weight excluding hydrogens is 482 g/mol. The number of urea groups is 1. The van der Waals surface area contributed by atoms with Gasteiger partial charge in [0.2, 0.25) is 5.88 Å². The van der Waals surface area contributed by atoms with Crippen LogP contribution < -0.4 is 19.7 Å². The van der Waals surface area contributed by atoms with Crippen LogP contribution in [-0.2, 0) is 4.79 Å². The fraction of sp³-hybridized carbons (Fsp3) is 0.367. The summed E-state index contributed by atoms with van der Waals surface area (Å²) >= 11 is 0. The summed E-state index contributed by atoms with van der Waals surface area (Å²) in [6.07, 6.45) is 2.54. The van der Waals surface area contributed by atoms with Crippen molar-refractivity contribution in [2.24, 2.45) is 5.41 Å². The maximum atomic E-state index is 13.3. The fourth-order valence-corrected chi connectivity index (χ4v) is 4.00. The molecule has 8 nitrogen and oxygen atoms in total. The standard InChI is InChI=1S/C29H35N3O3.CH2O2/c1-7-23-17-32(28(33)31-24-11-8-19(2)14-20(24)3)25-12-9-21(15-26(25)35-23)22-10-13-27(30-16-22)34-18-29(4,5)6;2-1-3/h8-16,23H,7,17-18H2,1-6H3,(H,31,33);1H,(H,2,3). The number of aromatic nitrogens is 1. The first-order valence-corrected chi connectivity index (χ1v) is 12.7. The van der Waals surface area contributed by atoms with E-state index >= 15 is 0 Å². The molecule has 0 bridgehead atoms. The smallest absolute Gasteiger partial charge is 0.326 e. The summed E-state index contributed by atoms with van der Waals surface area (Å²) in [5.74, 6) is 1.31. The van der Waals surface area contributed by atoms with Crippen LogP contribution in [0.2, 0.25) is 0 Å². The molecule has 0 aliphatic carbocycles. The topological polar surface area (TPSA) is 101 Å². The van der Waals surface area contributed by atoms with Crippen molar-refractivity contribution in [3.05, 3.63) is 65.9 Å². The summed E-state index contributed by atoms with van der Waals surface area (Å²) in [5.41, 5.74) is 5.80. The van der Waals surface area contributed by atoms with Gasteiger partial charge in [0.15, 0.2) is 0 Å². The second-order valence-electron chi connectivity index (χ2n) is 10.5. The number of benzene rings is 2. The number of anilines is 2. The van der Waals surface area contributed by atoms with Gasteiger partial charge in [0, 0.05) is 23.5 Å². The van der Waals surface area contributed by atoms with Crippen LogP contribution in [-0.4, -0.2) is 41.8 Å². The molecule has 2 amide bonds. The van der Waals surface area contributed by atoms with E-state index in [1.807, 2.05) is 62.5 Å². The minimum Gasteiger partial charge on any atom is -0.486 e. The Balaban J connectivity index is 0.00000127. The predicted molar refractivity (Wildman–Crippen MR) is 150 cm³/mol. The molecule has 1 aromatic heterocycles. The van der Waals surface area contributed by atoms with Crippen molar-refractivity contribution in [1.29, 1.82) is 0 Å². The van der Waals surface area contributed by atoms with Crippen molar-refractivity contribution in [3.8, 4) is 22.8 Å². The van der Waals surface area contributed by atoms with E-state index in [1.165, 1.54) is 5.56 Å². The number of carboxylic acid groups (broad SMARTS) is 1. The number of pyridine rings is 1. The van der Waals surface area contributed by atoms with Crippen LogP contribution in [0.4, 0.5) is 16.2 Å². The fourth-order valence-electron chi connectivity index (χ4n) is 4.00. The number of nitrogens with one attached hydrogen (secondary N) is 1. The van der Waals surface area contributed by atoms with E-state index in [0.29, 0.717) is 24.8 Å². The number of aryl methyl sites for hydroxylation is 2. The molecule has 0 saturated heterocycles. The number of carbonyl (C=O) groups excluding carboxylic acids is 1. The SMILES string of the molecule is CCC1CN(C(=O)Nc2ccc(C)cc2C)c2ccc(-c3ccc(OCC(C)(C)C)nc3)cc2O1.O=CO. The maximum Gasteiger partial charge on any atom is 0.326 e. The highest BCUT2D eigenvalue weighted by atomic mass is 16.5. The first-order chi connectivity index (χ1) is 18.0. The minimum atomic E-state index is -0.250. The molecule has 0 fully saturated rings. The largest absolute Gasteiger partial charge is 0.486 e. The number of rotatable bonds is 5. The summed E-state index contributed by atoms with van der Waals surface area (Å²) in [7, 11) is 0. The Morgan fingerprint density at radius 2 is 1.87 bits per heavy atom. The number of carbonyl (C=O) groups is 2. The Bertz CT molecular complexity index is 1250. The van der Waals surface area contributed by atoms with Crippen molar-refractivity contribution in [3.63, 3.8) is 0 Å². The monoisotopic (exact) mass is 519 g/mol. The molecule has 3 aromatic rings. The highest BCUT2D eigenvalue weighted by molar-refractivity contribution is 6.03. The van der Waals surface area contributed by atoms with Crippen LogP contribution in [0.25, 0.3) is 11.1 Å². The van der Waals surface area contributed by atoms with Gasteiger partial charge in [-0.1, -0.05) is 51.5 Å². The predicted octanol–water partition coefficient (Wildman–Crippen LogP) is 6.70. The van der Waals surface area contributed by atoms with Gasteiger partial charge in [-0.25, -0.2) is 9.78 Å². The summed E-state index contributed by atoms with van der Waals surface area (Å²) < 4.78 is 12.0. The van der Waals surface area contributed by atoms with Gasteiger partial charge in [-0.05, 0) is 61.1 Å². The van der Waals surface area contributed by atoms with E-state index in [4.69, 9.17) is 19.4 Å². The van der Waals surface area contributed by atoms with Gasteiger partial charge in [-0.3, -0.25) is 9.69 Å². The van der Waals surface area contributed by atoms with Crippen LogP contribution in [0.3, 0.4) is 0 Å². The molecule has 2 aromatic carbocycles. The van der Waals surface area contributed by atoms with E-state index in [9.17, 15) is 4.79 Å². The molecule has 202 valence electrons. The Morgan fingerprint density at radius 1 is 1.16 bits per heavy atom. The average Bonchev–Trinajstić information content (AvgIpc) is 2.88. The highest BCUT2D eigenvalue weighted by Gasteiger charge is 2.29. The lowest BCUT2D eigenvalue weighted by molar-refractivity contribution is -0.122. The number of hydrogen-bond donors (Lipinski definition) is 2. The van der Waals surface area contributed by atoms with E-state index in [2.05, 4.69) is 44.1 Å². The van der Waals surface area contributed by atoms with Crippen LogP contribution in [0, 0.1) is 19.3 Å². The van der Waals surface area contributed by atoms with Gasteiger partial charge in [-0.2, -0.15) is 0 Å². The third-order valence-electron chi connectivity index (χ3n) is 5.98. The van der Waals surface area contributed by atoms with Gasteiger partial charge in [0.25, 0.3) is 6.47 Å². The van der Waals surface area contributed by atoms with Gasteiger partial charge in [0.1, 0.15) is 11.9 Å². The number of fused-ring (bicyclic) bond motifs is 1. The number of nitrogens with zero attached hydrogens (tertiary/aromatic N) is 2. The summed E-state index contributed by atoms with van der Waals surface area (Å²) in [5, 5.41) is 9.96. The molecule has 2 heterocycles. The van der Waals surface area contributed by atoms with E-state index in [0.717, 1.165) is 34.5 Å². The van der Waals surface area contributed by atoms with E-state index in [-0.39, 0.29) is 24.0 Å². The van der Waals surface area contributed by atoms with Crippen molar-refractivity contribution < 1.29 is 24.2 Å². The quantitative estimate of drug-likeness (QED) is 0.364. The van der Waals surface area contributed by atoms with Crippen LogP contribution in [0.1, 0.15) is 45.2 Å². The molecule has 1 atom stereocenters. The van der Waals surface area contributed by atoms with Gasteiger partial charge in [-0.15, -0.1) is 0 Å². The molecule has 1 aliphatic rings.